The van der Waals surface area contributed by atoms with Crippen LogP contribution in [0, 0.1) is 0 Å². The van der Waals surface area contributed by atoms with Crippen LogP contribution in [0.5, 0.6) is 0 Å². The van der Waals surface area contributed by atoms with Crippen LogP contribution in [-0.2, 0) is 9.59 Å². The van der Waals surface area contributed by atoms with Gasteiger partial charge in [-0.3, -0.25) is 19.5 Å². The number of nitrogens with zero attached hydrogens (tertiary/aromatic N) is 2. The van der Waals surface area contributed by atoms with E-state index in [1.807, 2.05) is 31.0 Å². The first-order valence-corrected chi connectivity index (χ1v) is 12.6. The van der Waals surface area contributed by atoms with Gasteiger partial charge < -0.3 is 21.7 Å². The highest BCUT2D eigenvalue weighted by Crippen LogP contribution is 2.29. The van der Waals surface area contributed by atoms with E-state index in [2.05, 4.69) is 23.0 Å². The van der Waals surface area contributed by atoms with Crippen LogP contribution in [0.3, 0.4) is 0 Å². The van der Waals surface area contributed by atoms with Crippen LogP contribution in [0.1, 0.15) is 37.3 Å². The van der Waals surface area contributed by atoms with Crippen molar-refractivity contribution in [1.29, 1.82) is 0 Å². The molecule has 1 aromatic rings. The molecule has 6 N–H and O–H groups in total. The monoisotopic (exact) mass is 460 g/mol. The summed E-state index contributed by atoms with van der Waals surface area (Å²) in [6.45, 7) is 1.22. The molecule has 1 unspecified atom stereocenters. The van der Waals surface area contributed by atoms with Crippen molar-refractivity contribution in [3.63, 3.8) is 0 Å². The largest absolute Gasteiger partial charge is 0.480 e. The third-order valence-electron chi connectivity index (χ3n) is 4.49. The minimum absolute atomic E-state index is 0.552. The van der Waals surface area contributed by atoms with Crippen molar-refractivity contribution in [1.82, 2.24) is 9.88 Å². The molecule has 1 aromatic heterocycles. The molecule has 0 saturated carbocycles. The third-order valence-corrected chi connectivity index (χ3v) is 5.78. The van der Waals surface area contributed by atoms with Gasteiger partial charge in [-0.1, -0.05) is 6.07 Å². The number of thioether (sulfide) groups is 2. The number of pyridine rings is 1. The van der Waals surface area contributed by atoms with Crippen molar-refractivity contribution in [2.24, 2.45) is 11.5 Å². The van der Waals surface area contributed by atoms with Gasteiger partial charge >= 0.3 is 11.9 Å². The van der Waals surface area contributed by atoms with E-state index in [1.54, 1.807) is 23.5 Å². The lowest BCUT2D eigenvalue weighted by Gasteiger charge is -2.18. The molecular formula is C20H36N4O4S2. The molecule has 0 aliphatic carbocycles. The number of hydrogen-bond acceptors (Lipinski definition) is 8. The normalized spacial score (nSPS) is 17.7. The van der Waals surface area contributed by atoms with E-state index in [-0.39, 0.29) is 0 Å². The molecule has 0 amide bonds. The van der Waals surface area contributed by atoms with Gasteiger partial charge in [0.25, 0.3) is 0 Å². The standard InChI is InChI=1S/C10H14N2.2C5H11NO2S/c1-12-7-3-5-10(12)9-4-2-6-11-8-9;2*1-9-3-2-4(6)5(7)8/h2,4,6,8,10H,3,5,7H2,1H3;2*4H,2-3,6H2,1H3,(H,7,8)/t;2*4-/m.00/s1. The van der Waals surface area contributed by atoms with E-state index < -0.39 is 24.0 Å². The summed E-state index contributed by atoms with van der Waals surface area (Å²) in [5.74, 6) is -0.200. The maximum Gasteiger partial charge on any atom is 0.320 e. The lowest BCUT2D eigenvalue weighted by atomic mass is 10.1. The van der Waals surface area contributed by atoms with Gasteiger partial charge in [-0.15, -0.1) is 0 Å². The summed E-state index contributed by atoms with van der Waals surface area (Å²) >= 11 is 3.21. The summed E-state index contributed by atoms with van der Waals surface area (Å²) in [6, 6.07) is 3.43. The number of aliphatic carboxylic acids is 2. The summed E-state index contributed by atoms with van der Waals surface area (Å²) < 4.78 is 0. The number of aromatic nitrogens is 1. The van der Waals surface area contributed by atoms with Gasteiger partial charge in [0.15, 0.2) is 0 Å². The first-order valence-electron chi connectivity index (χ1n) is 9.79. The number of hydrogen-bond donors (Lipinski definition) is 4. The van der Waals surface area contributed by atoms with E-state index in [1.165, 1.54) is 24.9 Å². The molecule has 172 valence electrons. The van der Waals surface area contributed by atoms with Crippen molar-refractivity contribution in [2.45, 2.75) is 43.8 Å². The predicted octanol–water partition coefficient (Wildman–Crippen LogP) is 2.15. The Labute approximate surface area is 188 Å². The Morgan fingerprint density at radius 3 is 2.03 bits per heavy atom. The third kappa shape index (κ3) is 13.1. The van der Waals surface area contributed by atoms with E-state index in [9.17, 15) is 9.59 Å². The van der Waals surface area contributed by atoms with Crippen LogP contribution < -0.4 is 11.5 Å². The summed E-state index contributed by atoms with van der Waals surface area (Å²) in [6.07, 6.45) is 11.4. The zero-order chi connectivity index (χ0) is 22.9. The maximum atomic E-state index is 10.1. The molecule has 0 bridgehead atoms. The van der Waals surface area contributed by atoms with Crippen molar-refractivity contribution in [3.8, 4) is 0 Å². The molecule has 1 saturated heterocycles. The predicted molar refractivity (Wildman–Crippen MR) is 126 cm³/mol. The minimum atomic E-state index is -0.913. The molecule has 0 spiro atoms. The molecule has 10 heteroatoms. The van der Waals surface area contributed by atoms with Crippen LogP contribution in [0.25, 0.3) is 0 Å². The number of carboxylic acids is 2. The quantitative estimate of drug-likeness (QED) is 0.433. The second kappa shape index (κ2) is 17.4. The van der Waals surface area contributed by atoms with E-state index >= 15 is 0 Å². The van der Waals surface area contributed by atoms with Gasteiger partial charge in [-0.05, 0) is 74.9 Å². The van der Waals surface area contributed by atoms with Gasteiger partial charge in [0.05, 0.1) is 0 Å². The number of carboxylic acid groups (broad SMARTS) is 2. The molecule has 0 radical (unpaired) electrons. The Balaban J connectivity index is 0.000000430. The van der Waals surface area contributed by atoms with E-state index in [0.29, 0.717) is 18.9 Å². The van der Waals surface area contributed by atoms with Crippen LogP contribution in [0.4, 0.5) is 0 Å². The van der Waals surface area contributed by atoms with Crippen LogP contribution in [0.2, 0.25) is 0 Å². The molecule has 8 nitrogen and oxygen atoms in total. The summed E-state index contributed by atoms with van der Waals surface area (Å²) in [7, 11) is 2.19. The number of nitrogens with two attached hydrogens (primary N) is 2. The minimum Gasteiger partial charge on any atom is -0.480 e. The van der Waals surface area contributed by atoms with Crippen LogP contribution >= 0.6 is 23.5 Å². The molecule has 1 aliphatic heterocycles. The van der Waals surface area contributed by atoms with Crippen molar-refractivity contribution >= 4 is 35.5 Å². The molecule has 3 atom stereocenters. The Kier molecular flexibility index (Phi) is 16.6. The second-order valence-corrected chi connectivity index (χ2v) is 8.85. The van der Waals surface area contributed by atoms with Gasteiger partial charge in [0, 0.05) is 18.4 Å². The van der Waals surface area contributed by atoms with E-state index in [4.69, 9.17) is 21.7 Å². The van der Waals surface area contributed by atoms with Crippen molar-refractivity contribution in [2.75, 3.05) is 37.6 Å². The highest BCUT2D eigenvalue weighted by Gasteiger charge is 2.22. The smallest absolute Gasteiger partial charge is 0.320 e. The van der Waals surface area contributed by atoms with Crippen molar-refractivity contribution < 1.29 is 19.8 Å². The number of likely N-dealkylation sites (tertiary alicyclic amines) is 1. The van der Waals surface area contributed by atoms with Gasteiger partial charge in [-0.25, -0.2) is 0 Å². The van der Waals surface area contributed by atoms with Crippen LogP contribution in [-0.4, -0.2) is 81.7 Å². The Bertz CT molecular complexity index is 571. The maximum absolute atomic E-state index is 10.1. The highest BCUT2D eigenvalue weighted by molar-refractivity contribution is 7.98. The van der Waals surface area contributed by atoms with Crippen molar-refractivity contribution in [3.05, 3.63) is 30.1 Å². The SMILES string of the molecule is CN1CCCC1c1cccnc1.CSCC[C@H](N)C(=O)O.CSCC[C@H](N)C(=O)O. The fourth-order valence-electron chi connectivity index (χ4n) is 2.64. The molecule has 0 aromatic carbocycles. The lowest BCUT2D eigenvalue weighted by molar-refractivity contribution is -0.139. The molecule has 1 fully saturated rings. The van der Waals surface area contributed by atoms with Gasteiger partial charge in [0.2, 0.25) is 0 Å². The Hall–Kier alpha value is -1.33. The fourth-order valence-corrected chi connectivity index (χ4v) is 3.62. The first kappa shape index (κ1) is 28.7. The average Bonchev–Trinajstić information content (AvgIpc) is 3.17. The van der Waals surface area contributed by atoms with Gasteiger partial charge in [0.1, 0.15) is 12.1 Å². The van der Waals surface area contributed by atoms with Gasteiger partial charge in [-0.2, -0.15) is 23.5 Å². The van der Waals surface area contributed by atoms with E-state index in [0.717, 1.165) is 11.5 Å². The summed E-state index contributed by atoms with van der Waals surface area (Å²) in [5.41, 5.74) is 11.7. The first-order chi connectivity index (χ1) is 14.2. The molecule has 2 heterocycles. The summed E-state index contributed by atoms with van der Waals surface area (Å²) in [4.78, 5) is 26.7. The molecule has 1 aliphatic rings. The number of rotatable bonds is 9. The molecule has 2 rings (SSSR count). The topological polar surface area (TPSA) is 143 Å². The zero-order valence-electron chi connectivity index (χ0n) is 18.1. The Morgan fingerprint density at radius 1 is 1.17 bits per heavy atom. The lowest BCUT2D eigenvalue weighted by Crippen LogP contribution is -2.30. The zero-order valence-corrected chi connectivity index (χ0v) is 19.7. The Morgan fingerprint density at radius 2 is 1.70 bits per heavy atom. The average molecular weight is 461 g/mol. The molecular weight excluding hydrogens is 424 g/mol. The second-order valence-electron chi connectivity index (χ2n) is 6.88. The van der Waals surface area contributed by atoms with Crippen LogP contribution in [0.15, 0.2) is 24.5 Å². The molecule has 30 heavy (non-hydrogen) atoms. The fraction of sp³-hybridized carbons (Fsp3) is 0.650. The highest BCUT2D eigenvalue weighted by atomic mass is 32.2. The number of carbonyl (C=O) groups is 2. The summed E-state index contributed by atoms with van der Waals surface area (Å²) in [5, 5.41) is 16.5.